The van der Waals surface area contributed by atoms with Crippen LogP contribution in [0.15, 0.2) is 17.8 Å². The van der Waals surface area contributed by atoms with Crippen LogP contribution in [0, 0.1) is 5.92 Å². The number of fused-ring (bicyclic) bond motifs is 1. The number of carbonyl (C=O) groups is 1. The minimum Gasteiger partial charge on any atom is -0.481 e. The number of hydrogen-bond donors (Lipinski definition) is 1. The highest BCUT2D eigenvalue weighted by Crippen LogP contribution is 2.32. The molecule has 0 aliphatic carbocycles. The van der Waals surface area contributed by atoms with Gasteiger partial charge in [-0.1, -0.05) is 0 Å². The van der Waals surface area contributed by atoms with Crippen molar-refractivity contribution < 1.29 is 14.6 Å². The second-order valence-corrected chi connectivity index (χ2v) is 5.58. The maximum absolute atomic E-state index is 11.3. The molecular weight excluding hydrogens is 278 g/mol. The summed E-state index contributed by atoms with van der Waals surface area (Å²) in [6.07, 6.45) is 1.53. The lowest BCUT2D eigenvalue weighted by atomic mass is 10.0. The van der Waals surface area contributed by atoms with E-state index in [2.05, 4.69) is 9.97 Å². The molecule has 0 spiro atoms. The molecule has 6 nitrogen and oxygen atoms in total. The molecule has 3 heterocycles. The molecule has 1 aliphatic heterocycles. The van der Waals surface area contributed by atoms with E-state index in [1.54, 1.807) is 11.3 Å². The summed E-state index contributed by atoms with van der Waals surface area (Å²) >= 11 is 1.57. The lowest BCUT2D eigenvalue weighted by Crippen LogP contribution is -2.43. The fourth-order valence-corrected chi connectivity index (χ4v) is 3.46. The van der Waals surface area contributed by atoms with E-state index < -0.39 is 11.9 Å². The van der Waals surface area contributed by atoms with Crippen LogP contribution in [0.2, 0.25) is 0 Å². The predicted molar refractivity (Wildman–Crippen MR) is 76.2 cm³/mol. The van der Waals surface area contributed by atoms with Gasteiger partial charge in [0.1, 0.15) is 18.1 Å². The van der Waals surface area contributed by atoms with Crippen LogP contribution in [0.4, 0.5) is 5.82 Å². The first-order valence-electron chi connectivity index (χ1n) is 6.47. The van der Waals surface area contributed by atoms with Crippen LogP contribution in [0.3, 0.4) is 0 Å². The average Bonchev–Trinajstić information content (AvgIpc) is 3.08. The summed E-state index contributed by atoms with van der Waals surface area (Å²) in [5.41, 5.74) is 0.893. The van der Waals surface area contributed by atoms with Gasteiger partial charge in [-0.25, -0.2) is 9.97 Å². The summed E-state index contributed by atoms with van der Waals surface area (Å²) in [6.45, 7) is 3.36. The maximum atomic E-state index is 11.3. The number of aliphatic carboxylic acids is 1. The van der Waals surface area contributed by atoms with Gasteiger partial charge in [-0.05, 0) is 18.4 Å². The molecule has 1 saturated heterocycles. The number of aromatic nitrogens is 2. The Morgan fingerprint density at radius 1 is 1.55 bits per heavy atom. The third kappa shape index (κ3) is 2.12. The van der Waals surface area contributed by atoms with E-state index >= 15 is 0 Å². The summed E-state index contributed by atoms with van der Waals surface area (Å²) in [6, 6.07) is 1.76. The largest absolute Gasteiger partial charge is 0.481 e. The Kier molecular flexibility index (Phi) is 3.54. The fourth-order valence-electron chi connectivity index (χ4n) is 2.61. The van der Waals surface area contributed by atoms with E-state index in [0.717, 1.165) is 16.0 Å². The first-order valence-corrected chi connectivity index (χ1v) is 7.35. The van der Waals surface area contributed by atoms with Crippen molar-refractivity contribution in [3.8, 4) is 0 Å². The van der Waals surface area contributed by atoms with Gasteiger partial charge in [-0.15, -0.1) is 11.3 Å². The van der Waals surface area contributed by atoms with Gasteiger partial charge in [0, 0.05) is 6.54 Å². The minimum absolute atomic E-state index is 0.183. The van der Waals surface area contributed by atoms with Crippen molar-refractivity contribution in [3.05, 3.63) is 17.8 Å². The molecule has 106 valence electrons. The fraction of sp³-hybridized carbons (Fsp3) is 0.462. The van der Waals surface area contributed by atoms with E-state index in [0.29, 0.717) is 13.2 Å². The number of thiophene rings is 1. The highest BCUT2D eigenvalue weighted by atomic mass is 32.1. The molecular formula is C13H15N3O3S. The molecule has 0 amide bonds. The number of carboxylic acid groups (broad SMARTS) is 1. The molecule has 2 unspecified atom stereocenters. The Labute approximate surface area is 120 Å². The van der Waals surface area contributed by atoms with Crippen LogP contribution in [-0.2, 0) is 9.53 Å². The third-order valence-electron chi connectivity index (χ3n) is 3.61. The number of likely N-dealkylation sites (N-methyl/N-ethyl adjacent to an activating group) is 1. The summed E-state index contributed by atoms with van der Waals surface area (Å²) in [5.74, 6) is -0.531. The summed E-state index contributed by atoms with van der Waals surface area (Å²) < 4.78 is 6.36. The molecule has 1 N–H and O–H groups in total. The zero-order valence-electron chi connectivity index (χ0n) is 11.0. The molecule has 1 fully saturated rings. The number of hydrogen-bond acceptors (Lipinski definition) is 6. The standard InChI is InChI=1S/C13H15N3O3S/c1-2-16(10-6-19-5-8(10)13(17)18)12-11-9(3-4-20-11)14-7-15-12/h3-4,7-8,10H,2,5-6H2,1H3,(H,17,18). The second-order valence-electron chi connectivity index (χ2n) is 4.67. The average molecular weight is 293 g/mol. The second kappa shape index (κ2) is 5.34. The van der Waals surface area contributed by atoms with E-state index in [4.69, 9.17) is 4.74 Å². The van der Waals surface area contributed by atoms with Crippen molar-refractivity contribution in [2.24, 2.45) is 5.92 Å². The predicted octanol–water partition coefficient (Wildman–Crippen LogP) is 1.62. The van der Waals surface area contributed by atoms with Crippen LogP contribution in [0.1, 0.15) is 6.92 Å². The van der Waals surface area contributed by atoms with Crippen molar-refractivity contribution in [2.75, 3.05) is 24.7 Å². The van der Waals surface area contributed by atoms with Crippen LogP contribution < -0.4 is 4.90 Å². The lowest BCUT2D eigenvalue weighted by molar-refractivity contribution is -0.141. The maximum Gasteiger partial charge on any atom is 0.311 e. The molecule has 0 aromatic carbocycles. The van der Waals surface area contributed by atoms with Gasteiger partial charge < -0.3 is 14.7 Å². The number of anilines is 1. The summed E-state index contributed by atoms with van der Waals surface area (Å²) in [5, 5.41) is 11.3. The molecule has 0 bridgehead atoms. The SMILES string of the molecule is CCN(c1ncnc2ccsc12)C1COCC1C(=O)O. The van der Waals surface area contributed by atoms with Crippen molar-refractivity contribution in [3.63, 3.8) is 0 Å². The van der Waals surface area contributed by atoms with Crippen molar-refractivity contribution in [2.45, 2.75) is 13.0 Å². The van der Waals surface area contributed by atoms with Crippen molar-refractivity contribution in [1.29, 1.82) is 0 Å². The Balaban J connectivity index is 2.01. The highest BCUT2D eigenvalue weighted by Gasteiger charge is 2.38. The monoisotopic (exact) mass is 293 g/mol. The zero-order valence-corrected chi connectivity index (χ0v) is 11.8. The zero-order chi connectivity index (χ0) is 14.1. The molecule has 1 aliphatic rings. The molecule has 2 atom stereocenters. The van der Waals surface area contributed by atoms with E-state index in [1.807, 2.05) is 23.3 Å². The molecule has 2 aromatic heterocycles. The van der Waals surface area contributed by atoms with E-state index in [9.17, 15) is 9.90 Å². The molecule has 7 heteroatoms. The number of nitrogens with zero attached hydrogens (tertiary/aromatic N) is 3. The van der Waals surface area contributed by atoms with Gasteiger partial charge in [0.2, 0.25) is 0 Å². The molecule has 3 rings (SSSR count). The van der Waals surface area contributed by atoms with Gasteiger partial charge >= 0.3 is 5.97 Å². The van der Waals surface area contributed by atoms with E-state index in [-0.39, 0.29) is 12.6 Å². The number of rotatable bonds is 4. The third-order valence-corrected chi connectivity index (χ3v) is 4.50. The van der Waals surface area contributed by atoms with Gasteiger partial charge in [0.25, 0.3) is 0 Å². The molecule has 0 saturated carbocycles. The van der Waals surface area contributed by atoms with Crippen LogP contribution in [-0.4, -0.2) is 46.8 Å². The van der Waals surface area contributed by atoms with Crippen molar-refractivity contribution in [1.82, 2.24) is 9.97 Å². The smallest absolute Gasteiger partial charge is 0.311 e. The molecule has 0 radical (unpaired) electrons. The van der Waals surface area contributed by atoms with Gasteiger partial charge in [-0.2, -0.15) is 0 Å². The Morgan fingerprint density at radius 3 is 3.15 bits per heavy atom. The normalized spacial score (nSPS) is 22.2. The summed E-state index contributed by atoms with van der Waals surface area (Å²) in [4.78, 5) is 22.0. The first-order chi connectivity index (χ1) is 9.72. The lowest BCUT2D eigenvalue weighted by Gasteiger charge is -2.30. The van der Waals surface area contributed by atoms with Gasteiger partial charge in [-0.3, -0.25) is 4.79 Å². The molecule has 20 heavy (non-hydrogen) atoms. The Morgan fingerprint density at radius 2 is 2.40 bits per heavy atom. The van der Waals surface area contributed by atoms with Crippen LogP contribution in [0.25, 0.3) is 10.2 Å². The highest BCUT2D eigenvalue weighted by molar-refractivity contribution is 7.17. The Bertz CT molecular complexity index is 630. The van der Waals surface area contributed by atoms with Crippen molar-refractivity contribution >= 4 is 33.3 Å². The molecule has 2 aromatic rings. The van der Waals surface area contributed by atoms with Crippen LogP contribution in [0.5, 0.6) is 0 Å². The quantitative estimate of drug-likeness (QED) is 0.923. The minimum atomic E-state index is -0.817. The number of carboxylic acids is 1. The summed E-state index contributed by atoms with van der Waals surface area (Å²) in [7, 11) is 0. The Hall–Kier alpha value is -1.73. The van der Waals surface area contributed by atoms with Crippen LogP contribution >= 0.6 is 11.3 Å². The van der Waals surface area contributed by atoms with Gasteiger partial charge in [0.15, 0.2) is 0 Å². The number of ether oxygens (including phenoxy) is 1. The van der Waals surface area contributed by atoms with E-state index in [1.165, 1.54) is 6.33 Å². The van der Waals surface area contributed by atoms with Gasteiger partial charge in [0.05, 0.1) is 29.5 Å². The first kappa shape index (κ1) is 13.3. The topological polar surface area (TPSA) is 75.5 Å².